The van der Waals surface area contributed by atoms with Gasteiger partial charge in [0.15, 0.2) is 0 Å². The molecule has 110 valence electrons. The first kappa shape index (κ1) is 15.5. The predicted molar refractivity (Wildman–Crippen MR) is 85.3 cm³/mol. The average Bonchev–Trinajstić information content (AvgIpc) is 2.84. The Labute approximate surface area is 129 Å². The van der Waals surface area contributed by atoms with Gasteiger partial charge in [0, 0.05) is 11.0 Å². The number of benzene rings is 1. The number of amides is 1. The van der Waals surface area contributed by atoms with Crippen LogP contribution >= 0.6 is 15.9 Å². The van der Waals surface area contributed by atoms with E-state index in [1.54, 1.807) is 6.92 Å². The predicted octanol–water partition coefficient (Wildman–Crippen LogP) is 3.32. The van der Waals surface area contributed by atoms with Gasteiger partial charge in [0.1, 0.15) is 5.54 Å². The fourth-order valence-corrected chi connectivity index (χ4v) is 3.07. The van der Waals surface area contributed by atoms with Crippen LogP contribution in [-0.2, 0) is 10.3 Å². The maximum absolute atomic E-state index is 12.4. The highest BCUT2D eigenvalue weighted by atomic mass is 79.9. The molecular formula is C16H23BrN2O. The third-order valence-electron chi connectivity index (χ3n) is 4.40. The Morgan fingerprint density at radius 3 is 2.45 bits per heavy atom. The van der Waals surface area contributed by atoms with Crippen LogP contribution in [0.1, 0.15) is 45.1 Å². The van der Waals surface area contributed by atoms with Gasteiger partial charge in [-0.05, 0) is 42.9 Å². The van der Waals surface area contributed by atoms with E-state index in [4.69, 9.17) is 5.73 Å². The van der Waals surface area contributed by atoms with Crippen LogP contribution in [0.2, 0.25) is 0 Å². The van der Waals surface area contributed by atoms with Crippen LogP contribution in [0.25, 0.3) is 0 Å². The van der Waals surface area contributed by atoms with Crippen molar-refractivity contribution in [2.45, 2.75) is 45.1 Å². The number of carbonyl (C=O) groups excluding carboxylic acids is 1. The van der Waals surface area contributed by atoms with Crippen LogP contribution in [0.3, 0.4) is 0 Å². The van der Waals surface area contributed by atoms with Crippen LogP contribution in [0.15, 0.2) is 28.7 Å². The monoisotopic (exact) mass is 338 g/mol. The van der Waals surface area contributed by atoms with Crippen LogP contribution < -0.4 is 11.1 Å². The van der Waals surface area contributed by atoms with E-state index in [2.05, 4.69) is 28.2 Å². The molecule has 0 spiro atoms. The van der Waals surface area contributed by atoms with Crippen LogP contribution in [-0.4, -0.2) is 12.5 Å². The van der Waals surface area contributed by atoms with Crippen molar-refractivity contribution in [3.8, 4) is 0 Å². The second kappa shape index (κ2) is 5.86. The van der Waals surface area contributed by atoms with Gasteiger partial charge < -0.3 is 11.1 Å². The van der Waals surface area contributed by atoms with Gasteiger partial charge in [0.05, 0.1) is 0 Å². The molecule has 1 aromatic rings. The number of hydrogen-bond donors (Lipinski definition) is 2. The lowest BCUT2D eigenvalue weighted by atomic mass is 9.87. The molecule has 0 bridgehead atoms. The van der Waals surface area contributed by atoms with E-state index < -0.39 is 5.54 Å². The van der Waals surface area contributed by atoms with Crippen molar-refractivity contribution in [1.29, 1.82) is 0 Å². The highest BCUT2D eigenvalue weighted by molar-refractivity contribution is 9.10. The third-order valence-corrected chi connectivity index (χ3v) is 4.93. The molecule has 1 aliphatic rings. The van der Waals surface area contributed by atoms with Crippen molar-refractivity contribution < 1.29 is 4.79 Å². The number of carbonyl (C=O) groups is 1. The number of nitrogens with one attached hydrogen (secondary N) is 1. The molecule has 1 saturated carbocycles. The molecule has 2 rings (SSSR count). The summed E-state index contributed by atoms with van der Waals surface area (Å²) in [6.07, 6.45) is 4.90. The van der Waals surface area contributed by atoms with Crippen LogP contribution in [0, 0.1) is 5.41 Å². The van der Waals surface area contributed by atoms with Gasteiger partial charge in [-0.2, -0.15) is 0 Å². The zero-order valence-electron chi connectivity index (χ0n) is 12.2. The molecule has 1 aliphatic carbocycles. The van der Waals surface area contributed by atoms with Crippen LogP contribution in [0.5, 0.6) is 0 Å². The van der Waals surface area contributed by atoms with Gasteiger partial charge in [-0.3, -0.25) is 4.79 Å². The highest BCUT2D eigenvalue weighted by Gasteiger charge is 2.34. The second-order valence-corrected chi connectivity index (χ2v) is 7.33. The summed E-state index contributed by atoms with van der Waals surface area (Å²) in [5.74, 6) is -0.104. The van der Waals surface area contributed by atoms with E-state index in [0.717, 1.165) is 16.6 Å². The normalized spacial score (nSPS) is 20.4. The fourth-order valence-electron chi connectivity index (χ4n) is 2.81. The van der Waals surface area contributed by atoms with Gasteiger partial charge in [-0.1, -0.05) is 47.8 Å². The van der Waals surface area contributed by atoms with E-state index in [-0.39, 0.29) is 11.3 Å². The zero-order chi connectivity index (χ0) is 14.8. The molecule has 1 atom stereocenters. The molecule has 1 aromatic carbocycles. The molecule has 0 aromatic heterocycles. The Morgan fingerprint density at radius 2 is 1.90 bits per heavy atom. The molecule has 1 unspecified atom stereocenters. The molecule has 20 heavy (non-hydrogen) atoms. The smallest absolute Gasteiger partial charge is 0.244 e. The molecule has 4 heteroatoms. The maximum Gasteiger partial charge on any atom is 0.244 e. The fraction of sp³-hybridized carbons (Fsp3) is 0.562. The lowest BCUT2D eigenvalue weighted by Crippen LogP contribution is -2.50. The molecule has 0 radical (unpaired) electrons. The van der Waals surface area contributed by atoms with Crippen molar-refractivity contribution in [2.24, 2.45) is 11.1 Å². The molecular weight excluding hydrogens is 316 g/mol. The van der Waals surface area contributed by atoms with E-state index in [1.807, 2.05) is 24.3 Å². The molecule has 0 saturated heterocycles. The Morgan fingerprint density at radius 1 is 1.35 bits per heavy atom. The molecule has 0 aliphatic heterocycles. The average molecular weight is 339 g/mol. The molecule has 3 nitrogen and oxygen atoms in total. The van der Waals surface area contributed by atoms with Crippen molar-refractivity contribution >= 4 is 21.8 Å². The van der Waals surface area contributed by atoms with Gasteiger partial charge in [0.2, 0.25) is 5.91 Å². The zero-order valence-corrected chi connectivity index (χ0v) is 13.8. The first-order valence-corrected chi connectivity index (χ1v) is 7.96. The molecule has 0 heterocycles. The van der Waals surface area contributed by atoms with Crippen molar-refractivity contribution in [3.05, 3.63) is 34.3 Å². The minimum atomic E-state index is -0.990. The number of rotatable bonds is 4. The highest BCUT2D eigenvalue weighted by Crippen LogP contribution is 2.36. The van der Waals surface area contributed by atoms with E-state index in [1.165, 1.54) is 25.7 Å². The first-order chi connectivity index (χ1) is 9.33. The Hall–Kier alpha value is -0.870. The van der Waals surface area contributed by atoms with Gasteiger partial charge >= 0.3 is 0 Å². The molecule has 1 amide bonds. The SMILES string of the molecule is CC1(CNC(=O)C(C)(N)c2ccc(Br)cc2)CCCC1. The van der Waals surface area contributed by atoms with E-state index in [0.29, 0.717) is 0 Å². The minimum absolute atomic E-state index is 0.104. The summed E-state index contributed by atoms with van der Waals surface area (Å²) in [5.41, 5.74) is 6.31. The lowest BCUT2D eigenvalue weighted by Gasteiger charge is -2.29. The first-order valence-electron chi connectivity index (χ1n) is 7.17. The number of nitrogens with two attached hydrogens (primary N) is 1. The van der Waals surface area contributed by atoms with Crippen LogP contribution in [0.4, 0.5) is 0 Å². The largest absolute Gasteiger partial charge is 0.354 e. The Balaban J connectivity index is 2.01. The summed E-state index contributed by atoms with van der Waals surface area (Å²) in [4.78, 5) is 12.4. The second-order valence-electron chi connectivity index (χ2n) is 6.41. The summed E-state index contributed by atoms with van der Waals surface area (Å²) in [7, 11) is 0. The van der Waals surface area contributed by atoms with Gasteiger partial charge in [-0.15, -0.1) is 0 Å². The maximum atomic E-state index is 12.4. The van der Waals surface area contributed by atoms with Crippen molar-refractivity contribution in [1.82, 2.24) is 5.32 Å². The quantitative estimate of drug-likeness (QED) is 0.884. The third kappa shape index (κ3) is 3.41. The Bertz CT molecular complexity index is 476. The summed E-state index contributed by atoms with van der Waals surface area (Å²) < 4.78 is 0.982. The topological polar surface area (TPSA) is 55.1 Å². The summed E-state index contributed by atoms with van der Waals surface area (Å²) in [6.45, 7) is 4.73. The number of halogens is 1. The van der Waals surface area contributed by atoms with Gasteiger partial charge in [0.25, 0.3) is 0 Å². The van der Waals surface area contributed by atoms with Gasteiger partial charge in [-0.25, -0.2) is 0 Å². The van der Waals surface area contributed by atoms with Crippen molar-refractivity contribution in [3.63, 3.8) is 0 Å². The summed E-state index contributed by atoms with van der Waals surface area (Å²) >= 11 is 3.39. The standard InChI is InChI=1S/C16H23BrN2O/c1-15(9-3-4-10-15)11-19-14(20)16(2,18)12-5-7-13(17)8-6-12/h5-8H,3-4,9-11,18H2,1-2H3,(H,19,20). The van der Waals surface area contributed by atoms with E-state index in [9.17, 15) is 4.79 Å². The minimum Gasteiger partial charge on any atom is -0.354 e. The van der Waals surface area contributed by atoms with E-state index >= 15 is 0 Å². The molecule has 1 fully saturated rings. The number of hydrogen-bond acceptors (Lipinski definition) is 2. The Kier molecular flexibility index (Phi) is 4.55. The summed E-state index contributed by atoms with van der Waals surface area (Å²) in [6, 6.07) is 7.60. The summed E-state index contributed by atoms with van der Waals surface area (Å²) in [5, 5.41) is 3.04. The van der Waals surface area contributed by atoms with Crippen molar-refractivity contribution in [2.75, 3.05) is 6.54 Å². The lowest BCUT2D eigenvalue weighted by molar-refractivity contribution is -0.126. The molecule has 3 N–H and O–H groups in total.